The molecule has 0 aliphatic carbocycles. The summed E-state index contributed by atoms with van der Waals surface area (Å²) in [4.78, 5) is 2.48. The number of nitrogens with two attached hydrogens (primary N) is 1. The number of benzene rings is 1. The summed E-state index contributed by atoms with van der Waals surface area (Å²) in [5.74, 6) is 0.959. The van der Waals surface area contributed by atoms with Crippen LogP contribution in [0.15, 0.2) is 22.7 Å². The minimum atomic E-state index is 0.362. The molecular formula is C14H21BrN2O. The van der Waals surface area contributed by atoms with E-state index in [9.17, 15) is 0 Å². The molecule has 2 unspecified atom stereocenters. The first-order valence-corrected chi connectivity index (χ1v) is 7.21. The van der Waals surface area contributed by atoms with E-state index in [4.69, 9.17) is 10.5 Å². The summed E-state index contributed by atoms with van der Waals surface area (Å²) in [6, 6.07) is 7.07. The predicted octanol–water partition coefficient (Wildman–Crippen LogP) is 2.77. The van der Waals surface area contributed by atoms with Crippen molar-refractivity contribution in [2.24, 2.45) is 5.73 Å². The lowest BCUT2D eigenvalue weighted by atomic mass is 9.98. The molecule has 0 amide bonds. The van der Waals surface area contributed by atoms with Crippen molar-refractivity contribution in [3.8, 4) is 5.75 Å². The van der Waals surface area contributed by atoms with Gasteiger partial charge in [-0.3, -0.25) is 4.90 Å². The second kappa shape index (κ2) is 6.04. The molecule has 0 radical (unpaired) electrons. The van der Waals surface area contributed by atoms with Crippen LogP contribution >= 0.6 is 15.9 Å². The number of hydrogen-bond donors (Lipinski definition) is 1. The molecule has 1 saturated heterocycles. The predicted molar refractivity (Wildman–Crippen MR) is 77.8 cm³/mol. The Morgan fingerprint density at radius 3 is 2.94 bits per heavy atom. The fraction of sp³-hybridized carbons (Fsp3) is 0.571. The van der Waals surface area contributed by atoms with Gasteiger partial charge in [0.25, 0.3) is 0 Å². The van der Waals surface area contributed by atoms with Crippen molar-refractivity contribution in [2.45, 2.75) is 38.4 Å². The highest BCUT2D eigenvalue weighted by Crippen LogP contribution is 2.26. The third kappa shape index (κ3) is 3.25. The van der Waals surface area contributed by atoms with Crippen molar-refractivity contribution in [1.82, 2.24) is 4.90 Å². The van der Waals surface area contributed by atoms with Crippen molar-refractivity contribution in [3.63, 3.8) is 0 Å². The Bertz CT molecular complexity index is 411. The van der Waals surface area contributed by atoms with E-state index in [1.54, 1.807) is 7.11 Å². The van der Waals surface area contributed by atoms with Gasteiger partial charge < -0.3 is 10.5 Å². The smallest absolute Gasteiger partial charge is 0.123 e. The molecule has 1 aromatic rings. The second-order valence-electron chi connectivity index (χ2n) is 5.06. The van der Waals surface area contributed by atoms with E-state index in [0.717, 1.165) is 36.2 Å². The quantitative estimate of drug-likeness (QED) is 0.932. The molecule has 3 nitrogen and oxygen atoms in total. The van der Waals surface area contributed by atoms with E-state index in [1.165, 1.54) is 5.56 Å². The Hall–Kier alpha value is -0.580. The van der Waals surface area contributed by atoms with Crippen LogP contribution in [0, 0.1) is 0 Å². The molecule has 2 N–H and O–H groups in total. The first-order valence-electron chi connectivity index (χ1n) is 6.42. The van der Waals surface area contributed by atoms with Gasteiger partial charge in [-0.05, 0) is 38.0 Å². The first-order chi connectivity index (χ1) is 8.60. The fourth-order valence-corrected chi connectivity index (χ4v) is 2.99. The maximum atomic E-state index is 6.00. The molecule has 2 atom stereocenters. The minimum Gasteiger partial charge on any atom is -0.496 e. The van der Waals surface area contributed by atoms with Crippen LogP contribution in [0.1, 0.15) is 25.3 Å². The molecular weight excluding hydrogens is 292 g/mol. The van der Waals surface area contributed by atoms with Gasteiger partial charge >= 0.3 is 0 Å². The molecule has 0 aromatic heterocycles. The Kier molecular flexibility index (Phi) is 4.65. The summed E-state index contributed by atoms with van der Waals surface area (Å²) in [6.07, 6.45) is 2.16. The molecule has 1 aliphatic heterocycles. The molecule has 0 saturated carbocycles. The van der Waals surface area contributed by atoms with Gasteiger partial charge in [-0.15, -0.1) is 0 Å². The molecule has 0 spiro atoms. The lowest BCUT2D eigenvalue weighted by molar-refractivity contribution is 0.138. The molecule has 1 aromatic carbocycles. The highest BCUT2D eigenvalue weighted by molar-refractivity contribution is 9.10. The van der Waals surface area contributed by atoms with Gasteiger partial charge in [0.15, 0.2) is 0 Å². The Morgan fingerprint density at radius 1 is 1.50 bits per heavy atom. The molecule has 18 heavy (non-hydrogen) atoms. The average molecular weight is 313 g/mol. The maximum absolute atomic E-state index is 6.00. The molecule has 4 heteroatoms. The third-order valence-corrected chi connectivity index (χ3v) is 4.16. The number of halogens is 1. The Morgan fingerprint density at radius 2 is 2.28 bits per heavy atom. The van der Waals surface area contributed by atoms with Crippen LogP contribution in [0.3, 0.4) is 0 Å². The molecule has 2 rings (SSSR count). The topological polar surface area (TPSA) is 38.5 Å². The van der Waals surface area contributed by atoms with Crippen LogP contribution in [-0.4, -0.2) is 30.6 Å². The lowest BCUT2D eigenvalue weighted by Crippen LogP contribution is -2.45. The summed E-state index contributed by atoms with van der Waals surface area (Å²) >= 11 is 3.52. The van der Waals surface area contributed by atoms with Crippen molar-refractivity contribution in [2.75, 3.05) is 13.7 Å². The highest BCUT2D eigenvalue weighted by Gasteiger charge is 2.23. The van der Waals surface area contributed by atoms with Crippen molar-refractivity contribution in [3.05, 3.63) is 28.2 Å². The van der Waals surface area contributed by atoms with Crippen LogP contribution in [-0.2, 0) is 6.54 Å². The van der Waals surface area contributed by atoms with E-state index in [2.05, 4.69) is 33.8 Å². The standard InChI is InChI=1S/C14H21BrN2O/c1-10-7-13(16)5-6-17(10)9-11-8-12(15)3-4-14(11)18-2/h3-4,8,10,13H,5-7,9,16H2,1-2H3. The number of piperidine rings is 1. The number of ether oxygens (including phenoxy) is 1. The normalized spacial score (nSPS) is 25.1. The van der Waals surface area contributed by atoms with Gasteiger partial charge in [-0.25, -0.2) is 0 Å². The fourth-order valence-electron chi connectivity index (χ4n) is 2.58. The van der Waals surface area contributed by atoms with Crippen molar-refractivity contribution in [1.29, 1.82) is 0 Å². The van der Waals surface area contributed by atoms with E-state index >= 15 is 0 Å². The molecule has 100 valence electrons. The van der Waals surface area contributed by atoms with E-state index in [0.29, 0.717) is 12.1 Å². The van der Waals surface area contributed by atoms with E-state index in [-0.39, 0.29) is 0 Å². The van der Waals surface area contributed by atoms with Crippen LogP contribution < -0.4 is 10.5 Å². The first kappa shape index (κ1) is 13.8. The number of rotatable bonds is 3. The van der Waals surface area contributed by atoms with Gasteiger partial charge in [0.05, 0.1) is 7.11 Å². The minimum absolute atomic E-state index is 0.362. The summed E-state index contributed by atoms with van der Waals surface area (Å²) in [5, 5.41) is 0. The number of nitrogens with zero attached hydrogens (tertiary/aromatic N) is 1. The van der Waals surface area contributed by atoms with Crippen LogP contribution in [0.2, 0.25) is 0 Å². The zero-order valence-corrected chi connectivity index (χ0v) is 12.6. The molecule has 1 aliphatic rings. The second-order valence-corrected chi connectivity index (χ2v) is 5.98. The van der Waals surface area contributed by atoms with Crippen LogP contribution in [0.4, 0.5) is 0 Å². The molecule has 0 bridgehead atoms. The zero-order valence-electron chi connectivity index (χ0n) is 11.0. The van der Waals surface area contributed by atoms with Crippen LogP contribution in [0.5, 0.6) is 5.75 Å². The van der Waals surface area contributed by atoms with Gasteiger partial charge in [-0.2, -0.15) is 0 Å². The van der Waals surface area contributed by atoms with Crippen molar-refractivity contribution < 1.29 is 4.74 Å². The van der Waals surface area contributed by atoms with Gasteiger partial charge in [0, 0.05) is 35.2 Å². The SMILES string of the molecule is COc1ccc(Br)cc1CN1CCC(N)CC1C. The number of likely N-dealkylation sites (tertiary alicyclic amines) is 1. The molecule has 1 fully saturated rings. The summed E-state index contributed by atoms with van der Waals surface area (Å²) in [5.41, 5.74) is 7.23. The van der Waals surface area contributed by atoms with Crippen molar-refractivity contribution >= 4 is 15.9 Å². The molecule has 1 heterocycles. The van der Waals surface area contributed by atoms with Gasteiger partial charge in [-0.1, -0.05) is 15.9 Å². The Balaban J connectivity index is 2.11. The summed E-state index contributed by atoms with van der Waals surface area (Å²) < 4.78 is 6.52. The van der Waals surface area contributed by atoms with Gasteiger partial charge in [0.1, 0.15) is 5.75 Å². The zero-order chi connectivity index (χ0) is 13.1. The third-order valence-electron chi connectivity index (χ3n) is 3.67. The number of methoxy groups -OCH3 is 1. The van der Waals surface area contributed by atoms with E-state index in [1.807, 2.05) is 12.1 Å². The summed E-state index contributed by atoms with van der Waals surface area (Å²) in [6.45, 7) is 4.25. The average Bonchev–Trinajstić information content (AvgIpc) is 2.33. The maximum Gasteiger partial charge on any atom is 0.123 e. The van der Waals surface area contributed by atoms with Gasteiger partial charge in [0.2, 0.25) is 0 Å². The summed E-state index contributed by atoms with van der Waals surface area (Å²) in [7, 11) is 1.72. The van der Waals surface area contributed by atoms with Crippen LogP contribution in [0.25, 0.3) is 0 Å². The monoisotopic (exact) mass is 312 g/mol. The lowest BCUT2D eigenvalue weighted by Gasteiger charge is -2.36. The highest BCUT2D eigenvalue weighted by atomic mass is 79.9. The number of hydrogen-bond acceptors (Lipinski definition) is 3. The largest absolute Gasteiger partial charge is 0.496 e. The van der Waals surface area contributed by atoms with E-state index < -0.39 is 0 Å². The Labute approximate surface area is 117 Å².